The molecule has 0 N–H and O–H groups in total. The molecule has 0 atom stereocenters. The molecule has 36 heavy (non-hydrogen) atoms. The second-order valence-electron chi connectivity index (χ2n) is 8.27. The summed E-state index contributed by atoms with van der Waals surface area (Å²) in [6.45, 7) is 6.32. The van der Waals surface area contributed by atoms with Gasteiger partial charge in [-0.15, -0.1) is 0 Å². The topological polar surface area (TPSA) is 48.5 Å². The van der Waals surface area contributed by atoms with Gasteiger partial charge in [0.2, 0.25) is 0 Å². The fraction of sp³-hybridized carbons (Fsp3) is 0.296. The molecule has 191 valence electrons. The predicted molar refractivity (Wildman–Crippen MR) is 132 cm³/mol. The van der Waals surface area contributed by atoms with Crippen LogP contribution in [0.1, 0.15) is 39.5 Å². The monoisotopic (exact) mass is 579 g/mol. The number of rotatable bonds is 8. The predicted octanol–water partition coefficient (Wildman–Crippen LogP) is -2.28. The van der Waals surface area contributed by atoms with Crippen molar-refractivity contribution in [2.75, 3.05) is 0 Å². The van der Waals surface area contributed by atoms with Crippen molar-refractivity contribution in [3.63, 3.8) is 0 Å². The first-order valence-electron chi connectivity index (χ1n) is 11.7. The van der Waals surface area contributed by atoms with Gasteiger partial charge in [0.1, 0.15) is 11.4 Å². The number of aromatic nitrogens is 5. The number of hydrogen-bond acceptors (Lipinski definition) is 3. The van der Waals surface area contributed by atoms with Crippen molar-refractivity contribution in [3.05, 3.63) is 66.7 Å². The van der Waals surface area contributed by atoms with E-state index in [1.807, 2.05) is 12.1 Å². The third-order valence-electron chi connectivity index (χ3n) is 5.99. The van der Waals surface area contributed by atoms with E-state index in [1.165, 1.54) is 11.0 Å². The largest absolute Gasteiger partial charge is 1.00 e. The van der Waals surface area contributed by atoms with Crippen LogP contribution in [0.5, 0.6) is 0 Å². The number of fused-ring (bicyclic) bond motifs is 2. The Morgan fingerprint density at radius 2 is 0.972 bits per heavy atom. The molecule has 0 aliphatic carbocycles. The van der Waals surface area contributed by atoms with Gasteiger partial charge in [-0.05, 0) is 49.2 Å². The van der Waals surface area contributed by atoms with Crippen molar-refractivity contribution >= 4 is 22.1 Å². The van der Waals surface area contributed by atoms with Gasteiger partial charge in [-0.2, -0.15) is 0 Å². The molecule has 0 unspecified atom stereocenters. The van der Waals surface area contributed by atoms with E-state index in [-0.39, 0.29) is 55.8 Å². The van der Waals surface area contributed by atoms with Crippen LogP contribution in [0.2, 0.25) is 0 Å². The van der Waals surface area contributed by atoms with Gasteiger partial charge >= 0.3 is 0 Å². The standard InChI is InChI=1S/C27H29N5.3ClH.V/c1-3-5-18-31-24-16-9-7-12-20(24)29-26(31)22-14-11-15-23(28-22)27-30-21-13-8-10-17-25(21)32(27)19-6-4-2;;;;/h7-17H,3-6,18-19H2,1-2H3;3*1H;/p-3. The molecule has 0 saturated carbocycles. The van der Waals surface area contributed by atoms with Crippen LogP contribution in [0.4, 0.5) is 0 Å². The molecule has 5 aromatic rings. The number of nitrogens with zero attached hydrogens (tertiary/aromatic N) is 5. The maximum atomic E-state index is 5.07. The number of hydrogen-bond donors (Lipinski definition) is 0. The summed E-state index contributed by atoms with van der Waals surface area (Å²) in [6, 6.07) is 22.9. The molecule has 0 bridgehead atoms. The van der Waals surface area contributed by atoms with E-state index >= 15 is 0 Å². The molecular formula is C27H29Cl3N5V-3. The summed E-state index contributed by atoms with van der Waals surface area (Å²) in [5.74, 6) is 1.86. The molecule has 5 rings (SSSR count). The molecule has 9 heteroatoms. The van der Waals surface area contributed by atoms with Gasteiger partial charge in [0.25, 0.3) is 0 Å². The summed E-state index contributed by atoms with van der Waals surface area (Å²) >= 11 is 0. The maximum Gasteiger partial charge on any atom is 0.159 e. The molecular weight excluding hydrogens is 552 g/mol. The van der Waals surface area contributed by atoms with Crippen LogP contribution >= 0.6 is 0 Å². The Morgan fingerprint density at radius 3 is 1.39 bits per heavy atom. The number of pyridine rings is 1. The minimum atomic E-state index is 0. The summed E-state index contributed by atoms with van der Waals surface area (Å²) in [5, 5.41) is 0. The Morgan fingerprint density at radius 1 is 0.556 bits per heavy atom. The number of aryl methyl sites for hydroxylation is 2. The summed E-state index contributed by atoms with van der Waals surface area (Å²) < 4.78 is 4.62. The van der Waals surface area contributed by atoms with Crippen molar-refractivity contribution in [2.45, 2.75) is 52.6 Å². The van der Waals surface area contributed by atoms with Crippen LogP contribution in [0.15, 0.2) is 66.7 Å². The average Bonchev–Trinajstić information content (AvgIpc) is 3.40. The second kappa shape index (κ2) is 14.7. The zero-order valence-electron chi connectivity index (χ0n) is 20.4. The number of unbranched alkanes of at least 4 members (excludes halogenated alkanes) is 2. The van der Waals surface area contributed by atoms with Crippen LogP contribution in [0.25, 0.3) is 45.1 Å². The number of para-hydroxylation sites is 4. The van der Waals surface area contributed by atoms with Crippen LogP contribution in [0.3, 0.4) is 0 Å². The quantitative estimate of drug-likeness (QED) is 0.208. The van der Waals surface area contributed by atoms with Crippen LogP contribution in [0, 0.1) is 0 Å². The first-order valence-corrected chi connectivity index (χ1v) is 11.7. The van der Waals surface area contributed by atoms with Crippen molar-refractivity contribution in [2.24, 2.45) is 0 Å². The van der Waals surface area contributed by atoms with E-state index in [0.717, 1.165) is 72.8 Å². The fourth-order valence-corrected chi connectivity index (χ4v) is 4.31. The Kier molecular flexibility index (Phi) is 13.0. The molecule has 3 aromatic heterocycles. The minimum Gasteiger partial charge on any atom is -1.00 e. The van der Waals surface area contributed by atoms with Gasteiger partial charge in [0, 0.05) is 31.6 Å². The van der Waals surface area contributed by atoms with E-state index in [0.29, 0.717) is 0 Å². The normalized spacial score (nSPS) is 10.3. The summed E-state index contributed by atoms with van der Waals surface area (Å²) in [5.41, 5.74) is 6.14. The molecule has 0 aliphatic heterocycles. The summed E-state index contributed by atoms with van der Waals surface area (Å²) in [6.07, 6.45) is 4.50. The second-order valence-corrected chi connectivity index (χ2v) is 8.27. The Labute approximate surface area is 243 Å². The van der Waals surface area contributed by atoms with Gasteiger partial charge < -0.3 is 46.4 Å². The molecule has 0 amide bonds. The van der Waals surface area contributed by atoms with Crippen LogP contribution in [-0.4, -0.2) is 24.1 Å². The molecule has 2 aromatic carbocycles. The molecule has 0 spiro atoms. The van der Waals surface area contributed by atoms with Crippen molar-refractivity contribution in [3.8, 4) is 23.0 Å². The first kappa shape index (κ1) is 32.0. The van der Waals surface area contributed by atoms with Gasteiger partial charge in [0.05, 0.1) is 22.1 Å². The van der Waals surface area contributed by atoms with Crippen LogP contribution in [-0.2, 0) is 31.6 Å². The van der Waals surface area contributed by atoms with Crippen LogP contribution < -0.4 is 37.2 Å². The molecule has 0 fully saturated rings. The van der Waals surface area contributed by atoms with Crippen molar-refractivity contribution in [1.82, 2.24) is 24.1 Å². The summed E-state index contributed by atoms with van der Waals surface area (Å²) in [4.78, 5) is 15.0. The fourth-order valence-electron chi connectivity index (χ4n) is 4.31. The summed E-state index contributed by atoms with van der Waals surface area (Å²) in [7, 11) is 0. The van der Waals surface area contributed by atoms with Gasteiger partial charge in [-0.25, -0.2) is 15.0 Å². The van der Waals surface area contributed by atoms with E-state index in [2.05, 4.69) is 77.6 Å². The molecule has 0 aliphatic rings. The Bertz CT molecular complexity index is 1280. The number of imidazole rings is 2. The van der Waals surface area contributed by atoms with E-state index in [1.54, 1.807) is 0 Å². The Hall–Kier alpha value is -2.02. The maximum absolute atomic E-state index is 5.07. The zero-order chi connectivity index (χ0) is 21.9. The van der Waals surface area contributed by atoms with Crippen molar-refractivity contribution in [1.29, 1.82) is 0 Å². The van der Waals surface area contributed by atoms with E-state index in [9.17, 15) is 0 Å². The van der Waals surface area contributed by atoms with Gasteiger partial charge in [0.15, 0.2) is 11.6 Å². The molecule has 0 saturated heterocycles. The van der Waals surface area contributed by atoms with E-state index < -0.39 is 0 Å². The van der Waals surface area contributed by atoms with Gasteiger partial charge in [-0.3, -0.25) is 0 Å². The smallest absolute Gasteiger partial charge is 0.159 e. The van der Waals surface area contributed by atoms with E-state index in [4.69, 9.17) is 15.0 Å². The third-order valence-corrected chi connectivity index (χ3v) is 5.99. The van der Waals surface area contributed by atoms with Crippen molar-refractivity contribution < 1.29 is 55.8 Å². The molecule has 1 radical (unpaired) electrons. The zero-order valence-corrected chi connectivity index (χ0v) is 24.1. The minimum absolute atomic E-state index is 0. The third kappa shape index (κ3) is 6.27. The number of halogens is 3. The SMILES string of the molecule is CCCCn1c(-c2cccc(-c3nc4ccccc4n3CCCC)n2)nc2ccccc21.[Cl-].[Cl-].[Cl-].[V]. The van der Waals surface area contributed by atoms with Gasteiger partial charge in [-0.1, -0.05) is 57.0 Å². The molecule has 5 nitrogen and oxygen atoms in total. The Balaban J connectivity index is 0.00000162. The molecule has 3 heterocycles. The first-order chi connectivity index (χ1) is 15.8. The average molecular weight is 581 g/mol. The number of benzene rings is 2.